The Kier molecular flexibility index (Phi) is 3.71. The molecule has 0 saturated carbocycles. The van der Waals surface area contributed by atoms with Crippen LogP contribution in [0, 0.1) is 6.92 Å². The van der Waals surface area contributed by atoms with Crippen molar-refractivity contribution >= 4 is 10.8 Å². The van der Waals surface area contributed by atoms with Crippen LogP contribution in [0.4, 0.5) is 0 Å². The first-order chi connectivity index (χ1) is 10.2. The Balaban J connectivity index is 2.12. The average molecular weight is 280 g/mol. The zero-order valence-corrected chi connectivity index (χ0v) is 12.7. The molecule has 0 aliphatic heterocycles. The van der Waals surface area contributed by atoms with Gasteiger partial charge in [-0.25, -0.2) is 4.68 Å². The molecule has 0 aliphatic carbocycles. The van der Waals surface area contributed by atoms with E-state index in [4.69, 9.17) is 0 Å². The molecule has 21 heavy (non-hydrogen) atoms. The fraction of sp³-hybridized carbons (Fsp3) is 0.294. The maximum absolute atomic E-state index is 4.37. The lowest BCUT2D eigenvalue weighted by Crippen LogP contribution is -2.19. The third kappa shape index (κ3) is 2.43. The minimum Gasteiger partial charge on any atom is -0.309 e. The Morgan fingerprint density at radius 1 is 1.14 bits per heavy atom. The van der Waals surface area contributed by atoms with Crippen LogP contribution in [0.1, 0.15) is 31.3 Å². The second-order valence-corrected chi connectivity index (χ2v) is 5.25. The summed E-state index contributed by atoms with van der Waals surface area (Å²) < 4.78 is 1.94. The van der Waals surface area contributed by atoms with Gasteiger partial charge < -0.3 is 5.32 Å². The molecule has 1 N–H and O–H groups in total. The molecule has 1 atom stereocenters. The van der Waals surface area contributed by atoms with E-state index < -0.39 is 0 Å². The summed E-state index contributed by atoms with van der Waals surface area (Å²) in [5.74, 6) is 0. The van der Waals surface area contributed by atoms with E-state index in [0.29, 0.717) is 0 Å². The summed E-state index contributed by atoms with van der Waals surface area (Å²) in [7, 11) is 0. The summed E-state index contributed by atoms with van der Waals surface area (Å²) >= 11 is 0. The topological polar surface area (TPSA) is 42.7 Å². The lowest BCUT2D eigenvalue weighted by atomic mass is 10.1. The maximum Gasteiger partial charge on any atom is 0.103 e. The van der Waals surface area contributed by atoms with Gasteiger partial charge in [0.2, 0.25) is 0 Å². The summed E-state index contributed by atoms with van der Waals surface area (Å²) in [4.78, 5) is 0. The maximum atomic E-state index is 4.37. The quantitative estimate of drug-likeness (QED) is 0.796. The highest BCUT2D eigenvalue weighted by atomic mass is 15.4. The van der Waals surface area contributed by atoms with Crippen LogP contribution in [0.3, 0.4) is 0 Å². The van der Waals surface area contributed by atoms with Crippen molar-refractivity contribution in [3.63, 3.8) is 0 Å². The molecule has 0 radical (unpaired) electrons. The van der Waals surface area contributed by atoms with Gasteiger partial charge in [0.05, 0.1) is 17.4 Å². The molecule has 1 unspecified atom stereocenters. The molecule has 0 spiro atoms. The van der Waals surface area contributed by atoms with E-state index in [1.54, 1.807) is 0 Å². The molecular weight excluding hydrogens is 260 g/mol. The molecule has 3 aromatic rings. The van der Waals surface area contributed by atoms with Crippen molar-refractivity contribution < 1.29 is 0 Å². The van der Waals surface area contributed by atoms with E-state index in [1.807, 2.05) is 4.68 Å². The van der Waals surface area contributed by atoms with Gasteiger partial charge in [-0.1, -0.05) is 48.5 Å². The zero-order valence-electron chi connectivity index (χ0n) is 12.7. The highest BCUT2D eigenvalue weighted by molar-refractivity contribution is 5.90. The van der Waals surface area contributed by atoms with Gasteiger partial charge in [0.1, 0.15) is 5.69 Å². The highest BCUT2D eigenvalue weighted by Gasteiger charge is 2.16. The lowest BCUT2D eigenvalue weighted by molar-refractivity contribution is 0.579. The molecular formula is C17H20N4. The summed E-state index contributed by atoms with van der Waals surface area (Å²) in [6, 6.07) is 14.8. The van der Waals surface area contributed by atoms with Crippen LogP contribution in [0.15, 0.2) is 42.5 Å². The van der Waals surface area contributed by atoms with Crippen molar-refractivity contribution in [1.29, 1.82) is 0 Å². The van der Waals surface area contributed by atoms with E-state index in [1.165, 1.54) is 10.8 Å². The van der Waals surface area contributed by atoms with Crippen molar-refractivity contribution in [3.8, 4) is 5.69 Å². The molecule has 0 bridgehead atoms. The van der Waals surface area contributed by atoms with Crippen molar-refractivity contribution in [1.82, 2.24) is 20.3 Å². The first-order valence-corrected chi connectivity index (χ1v) is 7.36. The standard InChI is InChI=1S/C17H20N4/c1-4-18-12(2)17-13(3)21(20-19-17)16-11-7-9-14-8-5-6-10-15(14)16/h5-12,18H,4H2,1-3H3. The van der Waals surface area contributed by atoms with Crippen LogP contribution in [0.25, 0.3) is 16.5 Å². The molecule has 0 fully saturated rings. The molecule has 0 saturated heterocycles. The van der Waals surface area contributed by atoms with Gasteiger partial charge in [-0.3, -0.25) is 0 Å². The number of fused-ring (bicyclic) bond motifs is 1. The highest BCUT2D eigenvalue weighted by Crippen LogP contribution is 2.24. The summed E-state index contributed by atoms with van der Waals surface area (Å²) in [5.41, 5.74) is 3.16. The summed E-state index contributed by atoms with van der Waals surface area (Å²) in [6.45, 7) is 7.21. The van der Waals surface area contributed by atoms with E-state index in [2.05, 4.69) is 78.9 Å². The fourth-order valence-electron chi connectivity index (χ4n) is 2.77. The van der Waals surface area contributed by atoms with Gasteiger partial charge in [-0.05, 0) is 31.8 Å². The van der Waals surface area contributed by atoms with E-state index in [9.17, 15) is 0 Å². The monoisotopic (exact) mass is 280 g/mol. The molecule has 108 valence electrons. The van der Waals surface area contributed by atoms with Crippen molar-refractivity contribution in [3.05, 3.63) is 53.9 Å². The molecule has 4 nitrogen and oxygen atoms in total. The molecule has 1 heterocycles. The minimum atomic E-state index is 0.207. The van der Waals surface area contributed by atoms with Crippen molar-refractivity contribution in [2.45, 2.75) is 26.8 Å². The normalized spacial score (nSPS) is 12.7. The van der Waals surface area contributed by atoms with Crippen LogP contribution in [0.2, 0.25) is 0 Å². The zero-order chi connectivity index (χ0) is 14.8. The molecule has 0 amide bonds. The number of nitrogens with one attached hydrogen (secondary N) is 1. The van der Waals surface area contributed by atoms with Crippen molar-refractivity contribution in [2.75, 3.05) is 6.54 Å². The molecule has 0 aliphatic rings. The third-order valence-corrected chi connectivity index (χ3v) is 3.85. The number of rotatable bonds is 4. The number of aromatic nitrogens is 3. The Morgan fingerprint density at radius 2 is 1.90 bits per heavy atom. The summed E-state index contributed by atoms with van der Waals surface area (Å²) in [6.07, 6.45) is 0. The second-order valence-electron chi connectivity index (χ2n) is 5.25. The smallest absolute Gasteiger partial charge is 0.103 e. The van der Waals surface area contributed by atoms with Gasteiger partial charge in [-0.15, -0.1) is 5.10 Å². The Labute approximate surface area is 124 Å². The number of hydrogen-bond donors (Lipinski definition) is 1. The average Bonchev–Trinajstić information content (AvgIpc) is 2.88. The number of benzene rings is 2. The Bertz CT molecular complexity index is 755. The Hall–Kier alpha value is -2.20. The Morgan fingerprint density at radius 3 is 2.71 bits per heavy atom. The van der Waals surface area contributed by atoms with Crippen LogP contribution < -0.4 is 5.32 Å². The predicted octanol–water partition coefficient (Wildman–Crippen LogP) is 3.40. The molecule has 1 aromatic heterocycles. The SMILES string of the molecule is CCNC(C)c1nnn(-c2cccc3ccccc23)c1C. The van der Waals surface area contributed by atoms with Gasteiger partial charge in [0.15, 0.2) is 0 Å². The second kappa shape index (κ2) is 5.66. The number of hydrogen-bond acceptors (Lipinski definition) is 3. The molecule has 4 heteroatoms. The fourth-order valence-corrected chi connectivity index (χ4v) is 2.77. The number of nitrogens with zero attached hydrogens (tertiary/aromatic N) is 3. The van der Waals surface area contributed by atoms with Gasteiger partial charge in [0.25, 0.3) is 0 Å². The predicted molar refractivity (Wildman–Crippen MR) is 85.7 cm³/mol. The first kappa shape index (κ1) is 13.8. The third-order valence-electron chi connectivity index (χ3n) is 3.85. The first-order valence-electron chi connectivity index (χ1n) is 7.36. The molecule has 2 aromatic carbocycles. The lowest BCUT2D eigenvalue weighted by Gasteiger charge is -2.11. The van der Waals surface area contributed by atoms with E-state index >= 15 is 0 Å². The van der Waals surface area contributed by atoms with Gasteiger partial charge in [0, 0.05) is 5.39 Å². The van der Waals surface area contributed by atoms with Gasteiger partial charge in [-0.2, -0.15) is 0 Å². The van der Waals surface area contributed by atoms with E-state index in [0.717, 1.165) is 23.6 Å². The van der Waals surface area contributed by atoms with Crippen LogP contribution in [0.5, 0.6) is 0 Å². The van der Waals surface area contributed by atoms with Crippen LogP contribution in [-0.4, -0.2) is 21.5 Å². The largest absolute Gasteiger partial charge is 0.309 e. The van der Waals surface area contributed by atoms with Gasteiger partial charge >= 0.3 is 0 Å². The van der Waals surface area contributed by atoms with Crippen molar-refractivity contribution in [2.24, 2.45) is 0 Å². The minimum absolute atomic E-state index is 0.207. The van der Waals surface area contributed by atoms with Crippen LogP contribution >= 0.6 is 0 Å². The molecule has 3 rings (SSSR count). The van der Waals surface area contributed by atoms with Crippen LogP contribution in [-0.2, 0) is 0 Å². The van der Waals surface area contributed by atoms with E-state index in [-0.39, 0.29) is 6.04 Å². The summed E-state index contributed by atoms with van der Waals surface area (Å²) in [5, 5.41) is 14.5.